The first-order valence-corrected chi connectivity index (χ1v) is 7.31. The fraction of sp³-hybridized carbons (Fsp3) is 0.533. The standard InChI is InChI=1S/C15H21FN2OS/c1-18(6-7-19-10-11-2-3-11)9-12-4-5-14(16)13(8-12)15(17)20/h4-5,8,11H,2-3,6-7,9-10H2,1H3,(H2,17,20). The zero-order valence-corrected chi connectivity index (χ0v) is 12.6. The first kappa shape index (κ1) is 15.4. The second-order valence-corrected chi connectivity index (χ2v) is 5.87. The van der Waals surface area contributed by atoms with Gasteiger partial charge < -0.3 is 10.5 Å². The van der Waals surface area contributed by atoms with Crippen molar-refractivity contribution in [2.24, 2.45) is 11.7 Å². The van der Waals surface area contributed by atoms with Crippen LogP contribution in [0.15, 0.2) is 18.2 Å². The number of nitrogens with zero attached hydrogens (tertiary/aromatic N) is 1. The molecule has 1 fully saturated rings. The Morgan fingerprint density at radius 2 is 2.25 bits per heavy atom. The Bertz CT molecular complexity index is 477. The molecule has 0 amide bonds. The van der Waals surface area contributed by atoms with E-state index in [9.17, 15) is 4.39 Å². The monoisotopic (exact) mass is 296 g/mol. The number of ether oxygens (including phenoxy) is 1. The molecular formula is C15H21FN2OS. The van der Waals surface area contributed by atoms with Gasteiger partial charge in [0.25, 0.3) is 0 Å². The Balaban J connectivity index is 1.78. The normalized spacial score (nSPS) is 14.8. The van der Waals surface area contributed by atoms with E-state index in [1.165, 1.54) is 18.9 Å². The lowest BCUT2D eigenvalue weighted by Crippen LogP contribution is -2.23. The highest BCUT2D eigenvalue weighted by Gasteiger charge is 2.20. The first-order chi connectivity index (χ1) is 9.56. The molecule has 0 bridgehead atoms. The molecular weight excluding hydrogens is 275 g/mol. The van der Waals surface area contributed by atoms with E-state index in [2.05, 4.69) is 4.90 Å². The zero-order valence-electron chi connectivity index (χ0n) is 11.8. The third-order valence-electron chi connectivity index (χ3n) is 3.42. The van der Waals surface area contributed by atoms with Crippen LogP contribution in [0.2, 0.25) is 0 Å². The molecule has 3 nitrogen and oxygen atoms in total. The van der Waals surface area contributed by atoms with Crippen LogP contribution in [0.25, 0.3) is 0 Å². The minimum atomic E-state index is -0.364. The van der Waals surface area contributed by atoms with Crippen molar-refractivity contribution in [3.05, 3.63) is 35.1 Å². The lowest BCUT2D eigenvalue weighted by Gasteiger charge is -2.17. The Hall–Kier alpha value is -1.04. The van der Waals surface area contributed by atoms with E-state index in [1.807, 2.05) is 7.05 Å². The molecule has 0 heterocycles. The molecule has 1 aliphatic carbocycles. The Labute approximate surface area is 124 Å². The third kappa shape index (κ3) is 4.81. The number of nitrogens with two attached hydrogens (primary N) is 1. The Morgan fingerprint density at radius 1 is 1.50 bits per heavy atom. The molecule has 110 valence electrons. The lowest BCUT2D eigenvalue weighted by molar-refractivity contribution is 0.102. The average molecular weight is 296 g/mol. The molecule has 0 aromatic heterocycles. The van der Waals surface area contributed by atoms with Gasteiger partial charge in [0.15, 0.2) is 0 Å². The molecule has 1 saturated carbocycles. The first-order valence-electron chi connectivity index (χ1n) is 6.91. The van der Waals surface area contributed by atoms with Gasteiger partial charge in [-0.25, -0.2) is 4.39 Å². The number of thiocarbonyl (C=S) groups is 1. The van der Waals surface area contributed by atoms with Crippen LogP contribution in [-0.2, 0) is 11.3 Å². The highest BCUT2D eigenvalue weighted by atomic mass is 32.1. The zero-order chi connectivity index (χ0) is 14.5. The fourth-order valence-corrected chi connectivity index (χ4v) is 2.16. The van der Waals surface area contributed by atoms with E-state index in [-0.39, 0.29) is 10.8 Å². The van der Waals surface area contributed by atoms with Gasteiger partial charge in [0.2, 0.25) is 0 Å². The van der Waals surface area contributed by atoms with Gasteiger partial charge in [0, 0.05) is 25.3 Å². The molecule has 0 unspecified atom stereocenters. The maximum Gasteiger partial charge on any atom is 0.133 e. The topological polar surface area (TPSA) is 38.5 Å². The summed E-state index contributed by atoms with van der Waals surface area (Å²) in [4.78, 5) is 2.24. The Kier molecular flexibility index (Phi) is 5.46. The molecule has 1 aliphatic rings. The number of rotatable bonds is 8. The van der Waals surface area contributed by atoms with Crippen molar-refractivity contribution < 1.29 is 9.13 Å². The quantitative estimate of drug-likeness (QED) is 0.590. The average Bonchev–Trinajstić information content (AvgIpc) is 3.21. The smallest absolute Gasteiger partial charge is 0.133 e. The second-order valence-electron chi connectivity index (χ2n) is 5.43. The maximum absolute atomic E-state index is 13.5. The summed E-state index contributed by atoms with van der Waals surface area (Å²) >= 11 is 4.84. The molecule has 0 spiro atoms. The molecule has 5 heteroatoms. The van der Waals surface area contributed by atoms with E-state index in [0.29, 0.717) is 5.56 Å². The van der Waals surface area contributed by atoms with E-state index in [1.54, 1.807) is 12.1 Å². The molecule has 0 radical (unpaired) electrons. The molecule has 2 rings (SSSR count). The summed E-state index contributed by atoms with van der Waals surface area (Å²) in [7, 11) is 2.02. The summed E-state index contributed by atoms with van der Waals surface area (Å²) in [5.41, 5.74) is 6.82. The van der Waals surface area contributed by atoms with E-state index in [4.69, 9.17) is 22.7 Å². The number of benzene rings is 1. The van der Waals surface area contributed by atoms with Crippen molar-refractivity contribution in [1.29, 1.82) is 0 Å². The van der Waals surface area contributed by atoms with Gasteiger partial charge in [-0.2, -0.15) is 0 Å². The molecule has 1 aromatic carbocycles. The molecule has 1 aromatic rings. The fourth-order valence-electron chi connectivity index (χ4n) is 2.01. The lowest BCUT2D eigenvalue weighted by atomic mass is 10.1. The molecule has 0 atom stereocenters. The van der Waals surface area contributed by atoms with Crippen molar-refractivity contribution in [3.8, 4) is 0 Å². The van der Waals surface area contributed by atoms with Crippen LogP contribution in [0.4, 0.5) is 4.39 Å². The number of hydrogen-bond acceptors (Lipinski definition) is 3. The summed E-state index contributed by atoms with van der Waals surface area (Å²) in [6, 6.07) is 4.90. The highest BCUT2D eigenvalue weighted by molar-refractivity contribution is 7.80. The van der Waals surface area contributed by atoms with Crippen LogP contribution in [0.5, 0.6) is 0 Å². The van der Waals surface area contributed by atoms with Crippen molar-refractivity contribution in [1.82, 2.24) is 4.90 Å². The van der Waals surface area contributed by atoms with Crippen LogP contribution in [0.1, 0.15) is 24.0 Å². The molecule has 0 aliphatic heterocycles. The largest absolute Gasteiger partial charge is 0.389 e. The van der Waals surface area contributed by atoms with Gasteiger partial charge >= 0.3 is 0 Å². The van der Waals surface area contributed by atoms with Gasteiger partial charge in [-0.3, -0.25) is 4.90 Å². The molecule has 2 N–H and O–H groups in total. The van der Waals surface area contributed by atoms with Crippen LogP contribution in [0, 0.1) is 11.7 Å². The maximum atomic E-state index is 13.5. The molecule has 0 saturated heterocycles. The van der Waals surface area contributed by atoms with Crippen LogP contribution in [0.3, 0.4) is 0 Å². The predicted octanol–water partition coefficient (Wildman–Crippen LogP) is 2.32. The van der Waals surface area contributed by atoms with Crippen molar-refractivity contribution >= 4 is 17.2 Å². The Morgan fingerprint density at radius 3 is 2.90 bits per heavy atom. The van der Waals surface area contributed by atoms with Gasteiger partial charge in [-0.15, -0.1) is 0 Å². The van der Waals surface area contributed by atoms with E-state index >= 15 is 0 Å². The number of likely N-dealkylation sites (N-methyl/N-ethyl adjacent to an activating group) is 1. The minimum absolute atomic E-state index is 0.0970. The summed E-state index contributed by atoms with van der Waals surface area (Å²) in [5, 5.41) is 0. The summed E-state index contributed by atoms with van der Waals surface area (Å²) in [6.07, 6.45) is 2.63. The van der Waals surface area contributed by atoms with Crippen molar-refractivity contribution in [2.75, 3.05) is 26.8 Å². The summed E-state index contributed by atoms with van der Waals surface area (Å²) in [5.74, 6) is 0.433. The number of halogens is 1. The van der Waals surface area contributed by atoms with E-state index in [0.717, 1.165) is 37.8 Å². The van der Waals surface area contributed by atoms with Crippen molar-refractivity contribution in [2.45, 2.75) is 19.4 Å². The summed E-state index contributed by atoms with van der Waals surface area (Å²) in [6.45, 7) is 3.20. The van der Waals surface area contributed by atoms with Gasteiger partial charge in [-0.05, 0) is 43.5 Å². The van der Waals surface area contributed by atoms with Crippen LogP contribution < -0.4 is 5.73 Å². The van der Waals surface area contributed by atoms with Crippen LogP contribution in [-0.4, -0.2) is 36.7 Å². The second kappa shape index (κ2) is 7.11. The van der Waals surface area contributed by atoms with Gasteiger partial charge in [-0.1, -0.05) is 18.3 Å². The third-order valence-corrected chi connectivity index (χ3v) is 3.64. The number of hydrogen-bond donors (Lipinski definition) is 1. The van der Waals surface area contributed by atoms with Crippen LogP contribution >= 0.6 is 12.2 Å². The predicted molar refractivity (Wildman–Crippen MR) is 82.2 cm³/mol. The van der Waals surface area contributed by atoms with Gasteiger partial charge in [0.05, 0.1) is 6.61 Å². The summed E-state index contributed by atoms with van der Waals surface area (Å²) < 4.78 is 19.1. The SMILES string of the molecule is CN(CCOCC1CC1)Cc1ccc(F)c(C(N)=S)c1. The minimum Gasteiger partial charge on any atom is -0.389 e. The van der Waals surface area contributed by atoms with Crippen molar-refractivity contribution in [3.63, 3.8) is 0 Å². The molecule has 20 heavy (non-hydrogen) atoms. The van der Waals surface area contributed by atoms with E-state index < -0.39 is 0 Å². The highest BCUT2D eigenvalue weighted by Crippen LogP contribution is 2.28. The van der Waals surface area contributed by atoms with Gasteiger partial charge in [0.1, 0.15) is 10.8 Å².